The summed E-state index contributed by atoms with van der Waals surface area (Å²) in [6.45, 7) is 5.96. The molecule has 5 heteroatoms. The van der Waals surface area contributed by atoms with Crippen LogP contribution in [-0.2, 0) is 0 Å². The molecule has 5 rings (SSSR count). The highest BCUT2D eigenvalue weighted by Crippen LogP contribution is 2.30. The lowest BCUT2D eigenvalue weighted by Crippen LogP contribution is -2.30. The van der Waals surface area contributed by atoms with Crippen molar-refractivity contribution >= 4 is 16.9 Å². The van der Waals surface area contributed by atoms with Crippen LogP contribution in [0.4, 0.5) is 0 Å². The quantitative estimate of drug-likeness (QED) is 0.520. The molecule has 0 spiro atoms. The average Bonchev–Trinajstić information content (AvgIpc) is 3.36. The first-order chi connectivity index (χ1) is 14.5. The molecule has 1 amide bonds. The molecule has 0 saturated carbocycles. The first-order valence-corrected chi connectivity index (χ1v) is 10.3. The van der Waals surface area contributed by atoms with Crippen molar-refractivity contribution in [3.63, 3.8) is 0 Å². The number of H-pyrrole nitrogens is 1. The van der Waals surface area contributed by atoms with Crippen LogP contribution in [0.1, 0.15) is 30.8 Å². The lowest BCUT2D eigenvalue weighted by Gasteiger charge is -2.19. The molecule has 4 heterocycles. The van der Waals surface area contributed by atoms with Crippen molar-refractivity contribution < 1.29 is 4.79 Å². The van der Waals surface area contributed by atoms with Crippen molar-refractivity contribution in [2.24, 2.45) is 5.41 Å². The molecular formula is C25H24N4O. The lowest BCUT2D eigenvalue weighted by atomic mass is 9.93. The zero-order valence-corrected chi connectivity index (χ0v) is 17.2. The molecule has 1 aliphatic rings. The fraction of sp³-hybridized carbons (Fsp3) is 0.240. The van der Waals surface area contributed by atoms with E-state index in [0.29, 0.717) is 5.69 Å². The minimum Gasteiger partial charge on any atom is -0.339 e. The van der Waals surface area contributed by atoms with E-state index in [0.717, 1.165) is 53.1 Å². The molecule has 5 nitrogen and oxygen atoms in total. The van der Waals surface area contributed by atoms with Gasteiger partial charge in [0, 0.05) is 35.9 Å². The number of likely N-dealkylation sites (tertiary alicyclic amines) is 1. The molecule has 0 aliphatic carbocycles. The van der Waals surface area contributed by atoms with Gasteiger partial charge in [-0.1, -0.05) is 50.2 Å². The molecule has 0 radical (unpaired) electrons. The summed E-state index contributed by atoms with van der Waals surface area (Å²) >= 11 is 0. The standard InChI is InChI=1S/C25H24N4O/c1-25(2)11-12-29(16-25)24(30)21-10-6-9-20(27-21)19-13-18-14-22(28-23(18)26-15-19)17-7-4-3-5-8-17/h3-10,13-15H,11-12,16H2,1-2H3,(H,26,28). The Bertz CT molecular complexity index is 1230. The Kier molecular flexibility index (Phi) is 4.39. The Morgan fingerprint density at radius 2 is 1.87 bits per heavy atom. The molecule has 1 saturated heterocycles. The number of fused-ring (bicyclic) bond motifs is 1. The molecule has 1 N–H and O–H groups in total. The van der Waals surface area contributed by atoms with Crippen molar-refractivity contribution in [1.82, 2.24) is 19.9 Å². The summed E-state index contributed by atoms with van der Waals surface area (Å²) in [5, 5.41) is 1.02. The van der Waals surface area contributed by atoms with Crippen LogP contribution in [0.3, 0.4) is 0 Å². The molecule has 4 aromatic rings. The van der Waals surface area contributed by atoms with Gasteiger partial charge in [-0.25, -0.2) is 9.97 Å². The second-order valence-electron chi connectivity index (χ2n) is 8.76. The van der Waals surface area contributed by atoms with E-state index in [1.165, 1.54) is 0 Å². The predicted molar refractivity (Wildman–Crippen MR) is 119 cm³/mol. The number of rotatable bonds is 3. The molecule has 0 atom stereocenters. The Morgan fingerprint density at radius 1 is 1.03 bits per heavy atom. The number of aromatic amines is 1. The summed E-state index contributed by atoms with van der Waals surface area (Å²) in [6, 6.07) is 20.0. The second kappa shape index (κ2) is 7.10. The topological polar surface area (TPSA) is 61.9 Å². The van der Waals surface area contributed by atoms with E-state index in [9.17, 15) is 4.79 Å². The largest absolute Gasteiger partial charge is 0.339 e. The number of nitrogens with one attached hydrogen (secondary N) is 1. The van der Waals surface area contributed by atoms with E-state index in [-0.39, 0.29) is 11.3 Å². The lowest BCUT2D eigenvalue weighted by molar-refractivity contribution is 0.0772. The molecule has 1 fully saturated rings. The molecule has 1 aliphatic heterocycles. The van der Waals surface area contributed by atoms with Crippen LogP contribution in [0.15, 0.2) is 66.9 Å². The first-order valence-electron chi connectivity index (χ1n) is 10.3. The number of carbonyl (C=O) groups is 1. The summed E-state index contributed by atoms with van der Waals surface area (Å²) in [5.74, 6) is 0.00414. The third-order valence-corrected chi connectivity index (χ3v) is 5.78. The highest BCUT2D eigenvalue weighted by molar-refractivity contribution is 5.93. The summed E-state index contributed by atoms with van der Waals surface area (Å²) in [6.07, 6.45) is 2.83. The van der Waals surface area contributed by atoms with Crippen LogP contribution in [0.2, 0.25) is 0 Å². The molecule has 150 valence electrons. The normalized spacial score (nSPS) is 15.6. The van der Waals surface area contributed by atoms with E-state index < -0.39 is 0 Å². The van der Waals surface area contributed by atoms with E-state index in [4.69, 9.17) is 0 Å². The van der Waals surface area contributed by atoms with Gasteiger partial charge in [0.2, 0.25) is 0 Å². The van der Waals surface area contributed by atoms with Gasteiger partial charge in [0.25, 0.3) is 5.91 Å². The van der Waals surface area contributed by atoms with Crippen molar-refractivity contribution in [3.8, 4) is 22.5 Å². The van der Waals surface area contributed by atoms with Crippen LogP contribution >= 0.6 is 0 Å². The van der Waals surface area contributed by atoms with E-state index >= 15 is 0 Å². The Hall–Kier alpha value is -3.47. The molecule has 0 unspecified atom stereocenters. The number of benzene rings is 1. The van der Waals surface area contributed by atoms with Gasteiger partial charge < -0.3 is 9.88 Å². The van der Waals surface area contributed by atoms with Crippen molar-refractivity contribution in [3.05, 3.63) is 72.6 Å². The fourth-order valence-corrected chi connectivity index (χ4v) is 4.09. The monoisotopic (exact) mass is 396 g/mol. The van der Waals surface area contributed by atoms with Gasteiger partial charge in [-0.2, -0.15) is 0 Å². The van der Waals surface area contributed by atoms with Gasteiger partial charge in [0.05, 0.1) is 5.69 Å². The van der Waals surface area contributed by atoms with Crippen LogP contribution in [0.25, 0.3) is 33.5 Å². The molecule has 0 bridgehead atoms. The zero-order chi connectivity index (χ0) is 20.7. The summed E-state index contributed by atoms with van der Waals surface area (Å²) in [4.78, 5) is 27.5. The summed E-state index contributed by atoms with van der Waals surface area (Å²) in [5.41, 5.74) is 5.31. The third-order valence-electron chi connectivity index (χ3n) is 5.78. The Balaban J connectivity index is 1.45. The molecule has 1 aromatic carbocycles. The van der Waals surface area contributed by atoms with Crippen molar-refractivity contribution in [2.75, 3.05) is 13.1 Å². The number of amides is 1. The van der Waals surface area contributed by atoms with E-state index in [1.807, 2.05) is 41.4 Å². The number of nitrogens with zero attached hydrogens (tertiary/aromatic N) is 3. The minimum atomic E-state index is 0.00414. The maximum atomic E-state index is 12.9. The fourth-order valence-electron chi connectivity index (χ4n) is 4.09. The van der Waals surface area contributed by atoms with Gasteiger partial charge in [0.1, 0.15) is 11.3 Å². The number of hydrogen-bond acceptors (Lipinski definition) is 3. The van der Waals surface area contributed by atoms with Crippen molar-refractivity contribution in [2.45, 2.75) is 20.3 Å². The van der Waals surface area contributed by atoms with Gasteiger partial charge in [-0.15, -0.1) is 0 Å². The van der Waals surface area contributed by atoms with Crippen LogP contribution in [-0.4, -0.2) is 38.8 Å². The number of pyridine rings is 2. The van der Waals surface area contributed by atoms with Crippen LogP contribution in [0.5, 0.6) is 0 Å². The molecular weight excluding hydrogens is 372 g/mol. The summed E-state index contributed by atoms with van der Waals surface area (Å²) < 4.78 is 0. The molecule has 3 aromatic heterocycles. The molecule has 30 heavy (non-hydrogen) atoms. The first kappa shape index (κ1) is 18.6. The summed E-state index contributed by atoms with van der Waals surface area (Å²) in [7, 11) is 0. The predicted octanol–water partition coefficient (Wildman–Crippen LogP) is 5.16. The number of carbonyl (C=O) groups excluding carboxylic acids is 1. The van der Waals surface area contributed by atoms with Crippen LogP contribution in [0, 0.1) is 5.41 Å². The van der Waals surface area contributed by atoms with Gasteiger partial charge >= 0.3 is 0 Å². The Morgan fingerprint density at radius 3 is 2.63 bits per heavy atom. The van der Waals surface area contributed by atoms with Crippen LogP contribution < -0.4 is 0 Å². The van der Waals surface area contributed by atoms with Gasteiger partial charge in [0.15, 0.2) is 0 Å². The average molecular weight is 396 g/mol. The van der Waals surface area contributed by atoms with E-state index in [1.54, 1.807) is 6.07 Å². The number of hydrogen-bond donors (Lipinski definition) is 1. The second-order valence-corrected chi connectivity index (χ2v) is 8.76. The van der Waals surface area contributed by atoms with E-state index in [2.05, 4.69) is 53.1 Å². The zero-order valence-electron chi connectivity index (χ0n) is 17.2. The third kappa shape index (κ3) is 3.47. The Labute approximate surface area is 175 Å². The SMILES string of the molecule is CC1(C)CCN(C(=O)c2cccc(-c3cnc4[nH]c(-c5ccccc5)cc4c3)n2)C1. The minimum absolute atomic E-state index is 0.00414. The maximum Gasteiger partial charge on any atom is 0.272 e. The maximum absolute atomic E-state index is 12.9. The van der Waals surface area contributed by atoms with Gasteiger partial charge in [-0.05, 0) is 41.7 Å². The highest BCUT2D eigenvalue weighted by atomic mass is 16.2. The highest BCUT2D eigenvalue weighted by Gasteiger charge is 2.32. The van der Waals surface area contributed by atoms with Gasteiger partial charge in [-0.3, -0.25) is 4.79 Å². The van der Waals surface area contributed by atoms with Crippen molar-refractivity contribution in [1.29, 1.82) is 0 Å². The number of aromatic nitrogens is 3. The smallest absolute Gasteiger partial charge is 0.272 e.